The van der Waals surface area contributed by atoms with Crippen LogP contribution in [0.25, 0.3) is 0 Å². The topological polar surface area (TPSA) is 109 Å². The molecule has 224 valence electrons. The summed E-state index contributed by atoms with van der Waals surface area (Å²) in [6.07, 6.45) is -0.824. The van der Waals surface area contributed by atoms with Gasteiger partial charge in [0.1, 0.15) is 17.8 Å². The van der Waals surface area contributed by atoms with Crippen molar-refractivity contribution >= 4 is 25.9 Å². The number of morpholine rings is 1. The van der Waals surface area contributed by atoms with Gasteiger partial charge < -0.3 is 14.4 Å². The molecule has 1 unspecified atom stereocenters. The Bertz CT molecular complexity index is 1620. The fraction of sp³-hybridized carbons (Fsp3) is 0.367. The third-order valence-corrected chi connectivity index (χ3v) is 10.7. The summed E-state index contributed by atoms with van der Waals surface area (Å²) in [6.45, 7) is 6.68. The minimum absolute atomic E-state index is 0.0805. The van der Waals surface area contributed by atoms with Gasteiger partial charge in [-0.2, -0.15) is 12.7 Å². The van der Waals surface area contributed by atoms with E-state index in [9.17, 15) is 16.8 Å². The molecule has 5 rings (SSSR count). The highest BCUT2D eigenvalue weighted by Crippen LogP contribution is 2.36. The molecule has 42 heavy (non-hydrogen) atoms. The number of rotatable bonds is 8. The first-order chi connectivity index (χ1) is 20.1. The first-order valence-corrected chi connectivity index (χ1v) is 16.7. The number of sulfonamides is 2. The lowest BCUT2D eigenvalue weighted by Gasteiger charge is -2.35. The summed E-state index contributed by atoms with van der Waals surface area (Å²) in [6, 6.07) is 20.4. The van der Waals surface area contributed by atoms with Crippen LogP contribution >= 0.6 is 0 Å². The van der Waals surface area contributed by atoms with Crippen LogP contribution in [0.15, 0.2) is 87.0 Å². The Morgan fingerprint density at radius 3 is 1.95 bits per heavy atom. The van der Waals surface area contributed by atoms with Crippen LogP contribution in [0.3, 0.4) is 0 Å². The molecular formula is C30H36N4O6S2. The molecule has 2 aliphatic heterocycles. The van der Waals surface area contributed by atoms with E-state index in [1.807, 2.05) is 13.8 Å². The number of hydrogen-bond acceptors (Lipinski definition) is 7. The van der Waals surface area contributed by atoms with Crippen molar-refractivity contribution in [2.45, 2.75) is 29.8 Å². The summed E-state index contributed by atoms with van der Waals surface area (Å²) in [5.41, 5.74) is 2.55. The van der Waals surface area contributed by atoms with Crippen LogP contribution in [0, 0.1) is 13.8 Å². The normalized spacial score (nSPS) is 19.3. The summed E-state index contributed by atoms with van der Waals surface area (Å²) >= 11 is 0. The Balaban J connectivity index is 1.61. The van der Waals surface area contributed by atoms with Crippen LogP contribution < -0.4 is 4.74 Å². The number of aryl methyl sites for hydroxylation is 2. The van der Waals surface area contributed by atoms with E-state index >= 15 is 0 Å². The molecule has 12 heteroatoms. The first-order valence-electron chi connectivity index (χ1n) is 13.8. The molecule has 0 spiro atoms. The standard InChI is InChI=1S/C30H36N4O6S2/c1-23-4-12-27(13-5-23)41(35,36)31-29(22-32-18-20-40-21-19-32)33-16-17-34(30(33)25-8-10-26(39-3)11-9-25)42(37,38)28-14-6-24(2)7-15-28/h4-15,30H,16-22H2,1-3H3. The molecule has 0 saturated carbocycles. The maximum Gasteiger partial charge on any atom is 0.283 e. The quantitative estimate of drug-likeness (QED) is 0.281. The van der Waals surface area contributed by atoms with Crippen LogP contribution in [0.5, 0.6) is 5.75 Å². The lowest BCUT2D eigenvalue weighted by atomic mass is 10.1. The van der Waals surface area contributed by atoms with Crippen molar-refractivity contribution in [2.75, 3.05) is 53.0 Å². The Morgan fingerprint density at radius 1 is 0.810 bits per heavy atom. The van der Waals surface area contributed by atoms with Crippen molar-refractivity contribution in [3.8, 4) is 5.75 Å². The maximum absolute atomic E-state index is 14.0. The Hall–Kier alpha value is -3.29. The van der Waals surface area contributed by atoms with Gasteiger partial charge in [-0.25, -0.2) is 8.42 Å². The predicted molar refractivity (Wildman–Crippen MR) is 161 cm³/mol. The van der Waals surface area contributed by atoms with Gasteiger partial charge in [0.05, 0.1) is 36.7 Å². The smallest absolute Gasteiger partial charge is 0.283 e. The summed E-state index contributed by atoms with van der Waals surface area (Å²) in [5, 5.41) is 0. The number of benzene rings is 3. The summed E-state index contributed by atoms with van der Waals surface area (Å²) in [7, 11) is -6.47. The molecule has 3 aromatic rings. The molecule has 0 bridgehead atoms. The van der Waals surface area contributed by atoms with E-state index in [-0.39, 0.29) is 35.3 Å². The van der Waals surface area contributed by atoms with Crippen LogP contribution in [0.1, 0.15) is 22.9 Å². The van der Waals surface area contributed by atoms with Gasteiger partial charge in [0, 0.05) is 26.2 Å². The van der Waals surface area contributed by atoms with Crippen molar-refractivity contribution in [2.24, 2.45) is 4.40 Å². The summed E-state index contributed by atoms with van der Waals surface area (Å²) < 4.78 is 71.9. The average Bonchev–Trinajstić information content (AvgIpc) is 3.44. The van der Waals surface area contributed by atoms with Crippen molar-refractivity contribution in [3.05, 3.63) is 89.5 Å². The van der Waals surface area contributed by atoms with E-state index in [4.69, 9.17) is 9.47 Å². The zero-order chi connectivity index (χ0) is 29.9. The molecular weight excluding hydrogens is 576 g/mol. The average molecular weight is 613 g/mol. The third-order valence-electron chi connectivity index (χ3n) is 7.52. The molecule has 2 saturated heterocycles. The van der Waals surface area contributed by atoms with E-state index in [1.165, 1.54) is 4.31 Å². The maximum atomic E-state index is 14.0. The molecule has 10 nitrogen and oxygen atoms in total. The van der Waals surface area contributed by atoms with Crippen LogP contribution in [0.2, 0.25) is 0 Å². The van der Waals surface area contributed by atoms with Gasteiger partial charge in [0.2, 0.25) is 10.0 Å². The van der Waals surface area contributed by atoms with E-state index in [1.54, 1.807) is 84.8 Å². The number of ether oxygens (including phenoxy) is 2. The van der Waals surface area contributed by atoms with Gasteiger partial charge >= 0.3 is 0 Å². The van der Waals surface area contributed by atoms with E-state index in [2.05, 4.69) is 9.30 Å². The molecule has 2 aliphatic rings. The Kier molecular flexibility index (Phi) is 9.00. The van der Waals surface area contributed by atoms with Crippen molar-refractivity contribution in [1.29, 1.82) is 0 Å². The first kappa shape index (κ1) is 30.2. The number of amidine groups is 1. The van der Waals surface area contributed by atoms with E-state index < -0.39 is 26.2 Å². The Morgan fingerprint density at radius 2 is 1.38 bits per heavy atom. The molecule has 0 aliphatic carbocycles. The monoisotopic (exact) mass is 612 g/mol. The van der Waals surface area contributed by atoms with Crippen LogP contribution in [-0.2, 0) is 24.8 Å². The molecule has 1 atom stereocenters. The molecule has 3 aromatic carbocycles. The third kappa shape index (κ3) is 6.52. The molecule has 0 amide bonds. The summed E-state index contributed by atoms with van der Waals surface area (Å²) in [4.78, 5) is 4.13. The highest BCUT2D eigenvalue weighted by Gasteiger charge is 2.43. The van der Waals surface area contributed by atoms with E-state index in [0.29, 0.717) is 37.6 Å². The fourth-order valence-corrected chi connectivity index (χ4v) is 7.73. The van der Waals surface area contributed by atoms with E-state index in [0.717, 1.165) is 11.1 Å². The predicted octanol–water partition coefficient (Wildman–Crippen LogP) is 3.44. The summed E-state index contributed by atoms with van der Waals surface area (Å²) in [5.74, 6) is 0.903. The van der Waals surface area contributed by atoms with Gasteiger partial charge in [-0.3, -0.25) is 4.90 Å². The van der Waals surface area contributed by atoms with Gasteiger partial charge in [0.15, 0.2) is 0 Å². The minimum Gasteiger partial charge on any atom is -0.497 e. The second-order valence-corrected chi connectivity index (χ2v) is 13.9. The zero-order valence-electron chi connectivity index (χ0n) is 24.0. The second-order valence-electron chi connectivity index (χ2n) is 10.5. The van der Waals surface area contributed by atoms with Gasteiger partial charge in [-0.05, 0) is 55.8 Å². The second kappa shape index (κ2) is 12.5. The SMILES string of the molecule is COc1ccc(C2N(C(CN3CCOCC3)=NS(=O)(=O)c3ccc(C)cc3)CCN2S(=O)(=O)c2ccc(C)cc2)cc1. The van der Waals surface area contributed by atoms with Crippen LogP contribution in [0.4, 0.5) is 0 Å². The largest absolute Gasteiger partial charge is 0.497 e. The van der Waals surface area contributed by atoms with Gasteiger partial charge in [0.25, 0.3) is 10.0 Å². The zero-order valence-corrected chi connectivity index (χ0v) is 25.6. The fourth-order valence-electron chi connectivity index (χ4n) is 5.13. The highest BCUT2D eigenvalue weighted by molar-refractivity contribution is 7.90. The van der Waals surface area contributed by atoms with Gasteiger partial charge in [-0.15, -0.1) is 4.40 Å². The van der Waals surface area contributed by atoms with Crippen molar-refractivity contribution in [3.63, 3.8) is 0 Å². The lowest BCUT2D eigenvalue weighted by molar-refractivity contribution is 0.0438. The van der Waals surface area contributed by atoms with Crippen molar-refractivity contribution in [1.82, 2.24) is 14.1 Å². The molecule has 2 heterocycles. The lowest BCUT2D eigenvalue weighted by Crippen LogP contribution is -2.46. The highest BCUT2D eigenvalue weighted by atomic mass is 32.2. The number of nitrogens with zero attached hydrogens (tertiary/aromatic N) is 4. The van der Waals surface area contributed by atoms with Gasteiger partial charge in [-0.1, -0.05) is 47.5 Å². The molecule has 0 aromatic heterocycles. The van der Waals surface area contributed by atoms with Crippen LogP contribution in [-0.4, -0.2) is 89.8 Å². The Labute approximate surface area is 248 Å². The number of hydrogen-bond donors (Lipinski definition) is 0. The molecule has 0 N–H and O–H groups in total. The number of methoxy groups -OCH3 is 1. The molecule has 2 fully saturated rings. The minimum atomic E-state index is -4.09. The van der Waals surface area contributed by atoms with Crippen molar-refractivity contribution < 1.29 is 26.3 Å². The molecule has 0 radical (unpaired) electrons.